The lowest BCUT2D eigenvalue weighted by atomic mass is 10.3. The van der Waals surface area contributed by atoms with Crippen molar-refractivity contribution >= 4 is 17.6 Å². The lowest BCUT2D eigenvalue weighted by Gasteiger charge is -2.04. The quantitative estimate of drug-likeness (QED) is 0.832. The van der Waals surface area contributed by atoms with Crippen molar-refractivity contribution in [3.05, 3.63) is 36.2 Å². The Morgan fingerprint density at radius 2 is 2.22 bits per heavy atom. The number of nitrogens with zero attached hydrogens (tertiary/aromatic N) is 3. The monoisotopic (exact) mass is 246 g/mol. The van der Waals surface area contributed by atoms with E-state index in [1.54, 1.807) is 23.7 Å². The number of hydrogen-bond acceptors (Lipinski definition) is 5. The molecule has 0 bridgehead atoms. The van der Waals surface area contributed by atoms with E-state index in [0.29, 0.717) is 23.8 Å². The maximum atomic E-state index is 11.4. The summed E-state index contributed by atoms with van der Waals surface area (Å²) in [6.45, 7) is 2.12. The molecule has 0 aliphatic carbocycles. The summed E-state index contributed by atoms with van der Waals surface area (Å²) in [7, 11) is 1.84. The molecule has 0 atom stereocenters. The molecule has 2 aromatic rings. The predicted octanol–water partition coefficient (Wildman–Crippen LogP) is 1.74. The van der Waals surface area contributed by atoms with Crippen molar-refractivity contribution in [2.45, 2.75) is 6.92 Å². The second-order valence-corrected chi connectivity index (χ2v) is 3.65. The first-order valence-electron chi connectivity index (χ1n) is 5.59. The molecule has 0 aliphatic rings. The summed E-state index contributed by atoms with van der Waals surface area (Å²) in [6, 6.07) is 5.21. The normalized spacial score (nSPS) is 10.1. The number of aryl methyl sites for hydroxylation is 1. The van der Waals surface area contributed by atoms with Crippen LogP contribution in [0.15, 0.2) is 30.6 Å². The molecule has 0 aromatic carbocycles. The Morgan fingerprint density at radius 3 is 2.78 bits per heavy atom. The number of aromatic nitrogens is 3. The molecule has 6 nitrogen and oxygen atoms in total. The molecule has 0 aliphatic heterocycles. The average Bonchev–Trinajstić information content (AvgIpc) is 2.76. The first-order valence-corrected chi connectivity index (χ1v) is 5.59. The van der Waals surface area contributed by atoms with Crippen LogP contribution in [0, 0.1) is 0 Å². The number of nitrogens with one attached hydrogen (secondary N) is 1. The van der Waals surface area contributed by atoms with E-state index in [2.05, 4.69) is 15.4 Å². The summed E-state index contributed by atoms with van der Waals surface area (Å²) in [5, 5.41) is 7.19. The van der Waals surface area contributed by atoms with Gasteiger partial charge in [-0.1, -0.05) is 0 Å². The molecule has 18 heavy (non-hydrogen) atoms. The van der Waals surface area contributed by atoms with Gasteiger partial charge in [0.2, 0.25) is 0 Å². The number of ether oxygens (including phenoxy) is 1. The lowest BCUT2D eigenvalue weighted by Crippen LogP contribution is -2.05. The number of rotatable bonds is 4. The van der Waals surface area contributed by atoms with Crippen molar-refractivity contribution in [1.29, 1.82) is 0 Å². The van der Waals surface area contributed by atoms with Gasteiger partial charge in [-0.05, 0) is 19.1 Å². The molecule has 0 saturated heterocycles. The van der Waals surface area contributed by atoms with Gasteiger partial charge in [-0.3, -0.25) is 4.68 Å². The van der Waals surface area contributed by atoms with Gasteiger partial charge < -0.3 is 10.1 Å². The van der Waals surface area contributed by atoms with Crippen LogP contribution in [0.3, 0.4) is 0 Å². The van der Waals surface area contributed by atoms with E-state index >= 15 is 0 Å². The highest BCUT2D eigenvalue weighted by atomic mass is 16.5. The number of hydrogen-bond donors (Lipinski definition) is 1. The molecule has 0 amide bonds. The molecule has 0 fully saturated rings. The van der Waals surface area contributed by atoms with E-state index in [-0.39, 0.29) is 5.97 Å². The molecule has 0 radical (unpaired) electrons. The van der Waals surface area contributed by atoms with Crippen LogP contribution in [0.1, 0.15) is 17.3 Å². The smallest absolute Gasteiger partial charge is 0.339 e. The van der Waals surface area contributed by atoms with Crippen LogP contribution in [0.5, 0.6) is 0 Å². The van der Waals surface area contributed by atoms with E-state index in [9.17, 15) is 4.79 Å². The Bertz CT molecular complexity index is 533. The highest BCUT2D eigenvalue weighted by molar-refractivity contribution is 5.89. The molecule has 0 spiro atoms. The van der Waals surface area contributed by atoms with Gasteiger partial charge in [-0.25, -0.2) is 9.78 Å². The molecule has 6 heteroatoms. The highest BCUT2D eigenvalue weighted by Crippen LogP contribution is 2.12. The first kappa shape index (κ1) is 12.1. The zero-order valence-electron chi connectivity index (χ0n) is 10.3. The molecule has 0 unspecified atom stereocenters. The zero-order valence-corrected chi connectivity index (χ0v) is 10.3. The van der Waals surface area contributed by atoms with Gasteiger partial charge in [0.1, 0.15) is 5.82 Å². The molecule has 2 heterocycles. The summed E-state index contributed by atoms with van der Waals surface area (Å²) in [4.78, 5) is 15.5. The summed E-state index contributed by atoms with van der Waals surface area (Å²) in [5.74, 6) is 0.963. The fraction of sp³-hybridized carbons (Fsp3) is 0.250. The highest BCUT2D eigenvalue weighted by Gasteiger charge is 2.06. The number of esters is 1. The second kappa shape index (κ2) is 5.31. The van der Waals surface area contributed by atoms with Crippen LogP contribution in [-0.4, -0.2) is 27.3 Å². The average molecular weight is 246 g/mol. The third kappa shape index (κ3) is 2.85. The largest absolute Gasteiger partial charge is 0.462 e. The zero-order chi connectivity index (χ0) is 13.0. The number of carbonyl (C=O) groups excluding carboxylic acids is 1. The van der Waals surface area contributed by atoms with Crippen molar-refractivity contribution in [1.82, 2.24) is 14.8 Å². The van der Waals surface area contributed by atoms with E-state index in [1.165, 1.54) is 6.20 Å². The minimum absolute atomic E-state index is 0.354. The molecular weight excluding hydrogens is 232 g/mol. The third-order valence-corrected chi connectivity index (χ3v) is 2.24. The van der Waals surface area contributed by atoms with E-state index in [0.717, 1.165) is 0 Å². The van der Waals surface area contributed by atoms with Gasteiger partial charge in [-0.15, -0.1) is 0 Å². The fourth-order valence-electron chi connectivity index (χ4n) is 1.42. The maximum absolute atomic E-state index is 11.4. The Morgan fingerprint density at radius 1 is 1.39 bits per heavy atom. The summed E-state index contributed by atoms with van der Waals surface area (Å²) in [5.41, 5.74) is 0.434. The third-order valence-electron chi connectivity index (χ3n) is 2.24. The van der Waals surface area contributed by atoms with Gasteiger partial charge >= 0.3 is 5.97 Å². The summed E-state index contributed by atoms with van der Waals surface area (Å²) in [6.07, 6.45) is 3.30. The first-order chi connectivity index (χ1) is 8.69. The van der Waals surface area contributed by atoms with Crippen LogP contribution >= 0.6 is 0 Å². The molecular formula is C12H14N4O2. The van der Waals surface area contributed by atoms with Crippen molar-refractivity contribution in [3.63, 3.8) is 0 Å². The molecule has 1 N–H and O–H groups in total. The topological polar surface area (TPSA) is 69.0 Å². The number of pyridine rings is 1. The standard InChI is InChI=1S/C12H14N4O2/c1-3-18-12(17)9-4-5-10(13-8-9)14-11-6-7-16(2)15-11/h4-8H,3H2,1-2H3,(H,13,14,15). The Kier molecular flexibility index (Phi) is 3.57. The van der Waals surface area contributed by atoms with Gasteiger partial charge in [0.25, 0.3) is 0 Å². The molecule has 94 valence electrons. The summed E-state index contributed by atoms with van der Waals surface area (Å²) >= 11 is 0. The van der Waals surface area contributed by atoms with Crippen LogP contribution < -0.4 is 5.32 Å². The Labute approximate surface area is 105 Å². The van der Waals surface area contributed by atoms with Gasteiger partial charge in [0.15, 0.2) is 5.82 Å². The van der Waals surface area contributed by atoms with Crippen LogP contribution in [-0.2, 0) is 11.8 Å². The molecule has 0 saturated carbocycles. The number of anilines is 2. The van der Waals surface area contributed by atoms with Crippen LogP contribution in [0.25, 0.3) is 0 Å². The fourth-order valence-corrected chi connectivity index (χ4v) is 1.42. The van der Waals surface area contributed by atoms with Crippen molar-refractivity contribution in [2.24, 2.45) is 7.05 Å². The lowest BCUT2D eigenvalue weighted by molar-refractivity contribution is 0.0526. The van der Waals surface area contributed by atoms with E-state index in [4.69, 9.17) is 4.74 Å². The van der Waals surface area contributed by atoms with Gasteiger partial charge in [-0.2, -0.15) is 5.10 Å². The Balaban J connectivity index is 2.05. The Hall–Kier alpha value is -2.37. The minimum atomic E-state index is -0.366. The predicted molar refractivity (Wildman–Crippen MR) is 66.7 cm³/mol. The van der Waals surface area contributed by atoms with Crippen LogP contribution in [0.2, 0.25) is 0 Å². The summed E-state index contributed by atoms with van der Waals surface area (Å²) < 4.78 is 6.56. The van der Waals surface area contributed by atoms with Crippen molar-refractivity contribution in [3.8, 4) is 0 Å². The number of carbonyl (C=O) groups is 1. The van der Waals surface area contributed by atoms with Gasteiger partial charge in [0, 0.05) is 25.5 Å². The second-order valence-electron chi connectivity index (χ2n) is 3.65. The minimum Gasteiger partial charge on any atom is -0.462 e. The SMILES string of the molecule is CCOC(=O)c1ccc(Nc2ccn(C)n2)nc1. The molecule has 2 rings (SSSR count). The van der Waals surface area contributed by atoms with E-state index in [1.807, 2.05) is 19.3 Å². The van der Waals surface area contributed by atoms with Gasteiger partial charge in [0.05, 0.1) is 12.2 Å². The van der Waals surface area contributed by atoms with Crippen molar-refractivity contribution < 1.29 is 9.53 Å². The maximum Gasteiger partial charge on any atom is 0.339 e. The molecule has 2 aromatic heterocycles. The van der Waals surface area contributed by atoms with Crippen LogP contribution in [0.4, 0.5) is 11.6 Å². The van der Waals surface area contributed by atoms with E-state index < -0.39 is 0 Å². The van der Waals surface area contributed by atoms with Crippen molar-refractivity contribution in [2.75, 3.05) is 11.9 Å².